The number of hydrogen-bond donors (Lipinski definition) is 1. The van der Waals surface area contributed by atoms with E-state index in [9.17, 15) is 0 Å². The van der Waals surface area contributed by atoms with E-state index in [2.05, 4.69) is 73.9 Å². The largest absolute Gasteiger partial charge is 0.379 e. The molecular weight excluding hydrogens is 358 g/mol. The number of aromatic nitrogens is 1. The van der Waals surface area contributed by atoms with E-state index in [1.807, 2.05) is 7.05 Å². The molecule has 1 aliphatic rings. The number of guanidine groups is 1. The maximum absolute atomic E-state index is 5.48. The second kappa shape index (κ2) is 8.70. The first-order chi connectivity index (χ1) is 11.0. The fourth-order valence-corrected chi connectivity index (χ4v) is 3.40. The molecule has 1 saturated heterocycles. The molecule has 7 heteroatoms. The fraction of sp³-hybridized carbons (Fsp3) is 0.688. The minimum atomic E-state index is 0.492. The quantitative estimate of drug-likeness (QED) is 0.616. The third kappa shape index (κ3) is 5.22. The van der Waals surface area contributed by atoms with Crippen LogP contribution in [-0.2, 0) is 18.3 Å². The number of aliphatic imine (C=N–C) groups is 1. The van der Waals surface area contributed by atoms with Crippen LogP contribution in [0.3, 0.4) is 0 Å². The molecule has 0 bridgehead atoms. The van der Waals surface area contributed by atoms with Crippen LogP contribution in [0.25, 0.3) is 0 Å². The molecule has 0 amide bonds. The van der Waals surface area contributed by atoms with Gasteiger partial charge in [-0.25, -0.2) is 0 Å². The maximum Gasteiger partial charge on any atom is 0.193 e. The molecule has 23 heavy (non-hydrogen) atoms. The van der Waals surface area contributed by atoms with E-state index in [0.29, 0.717) is 6.04 Å². The van der Waals surface area contributed by atoms with Crippen LogP contribution in [0.2, 0.25) is 0 Å². The van der Waals surface area contributed by atoms with E-state index in [4.69, 9.17) is 4.74 Å². The predicted molar refractivity (Wildman–Crippen MR) is 97.8 cm³/mol. The van der Waals surface area contributed by atoms with Crippen LogP contribution in [0.15, 0.2) is 21.7 Å². The molecule has 1 atom stereocenters. The Hall–Kier alpha value is -1.05. The first-order valence-electron chi connectivity index (χ1n) is 8.05. The lowest BCUT2D eigenvalue weighted by atomic mass is 10.2. The van der Waals surface area contributed by atoms with Gasteiger partial charge in [0, 0.05) is 63.2 Å². The van der Waals surface area contributed by atoms with Crippen molar-refractivity contribution in [1.82, 2.24) is 19.7 Å². The molecule has 1 aliphatic heterocycles. The Kier molecular flexibility index (Phi) is 6.92. The Morgan fingerprint density at radius 1 is 1.57 bits per heavy atom. The van der Waals surface area contributed by atoms with Crippen molar-refractivity contribution in [3.05, 3.63) is 22.4 Å². The molecule has 0 aliphatic carbocycles. The first kappa shape index (κ1) is 18.3. The van der Waals surface area contributed by atoms with Gasteiger partial charge in [-0.05, 0) is 28.9 Å². The molecule has 1 fully saturated rings. The highest BCUT2D eigenvalue weighted by Crippen LogP contribution is 2.15. The van der Waals surface area contributed by atoms with E-state index in [0.717, 1.165) is 49.8 Å². The summed E-state index contributed by atoms with van der Waals surface area (Å²) in [6.07, 6.45) is 2.07. The zero-order chi connectivity index (χ0) is 16.8. The van der Waals surface area contributed by atoms with Crippen LogP contribution < -0.4 is 5.32 Å². The van der Waals surface area contributed by atoms with Gasteiger partial charge in [-0.1, -0.05) is 0 Å². The Bertz CT molecular complexity index is 531. The van der Waals surface area contributed by atoms with Gasteiger partial charge in [-0.3, -0.25) is 9.89 Å². The molecule has 1 N–H and O–H groups in total. The fourth-order valence-electron chi connectivity index (χ4n) is 2.83. The number of halogens is 1. The average Bonchev–Trinajstić information content (AvgIpc) is 2.83. The third-order valence-corrected chi connectivity index (χ3v) is 4.67. The summed E-state index contributed by atoms with van der Waals surface area (Å²) in [5.74, 6) is 0.920. The standard InChI is InChI=1S/C16H28BrN5O/c1-13-12-23-8-7-22(13)6-5-19-16(18-2)21(4)11-15-9-14(17)10-20(15)3/h9-10,13H,5-8,11-12H2,1-4H3,(H,18,19). The number of nitrogens with one attached hydrogen (secondary N) is 1. The lowest BCUT2D eigenvalue weighted by molar-refractivity contribution is 0.000832. The summed E-state index contributed by atoms with van der Waals surface area (Å²) in [5, 5.41) is 3.46. The van der Waals surface area contributed by atoms with E-state index in [-0.39, 0.29) is 0 Å². The summed E-state index contributed by atoms with van der Waals surface area (Å²) in [5.41, 5.74) is 1.24. The highest BCUT2D eigenvalue weighted by atomic mass is 79.9. The molecule has 0 spiro atoms. The maximum atomic E-state index is 5.48. The molecule has 1 aromatic rings. The molecule has 6 nitrogen and oxygen atoms in total. The summed E-state index contributed by atoms with van der Waals surface area (Å²) in [6, 6.07) is 2.63. The van der Waals surface area contributed by atoms with E-state index in [1.165, 1.54) is 5.69 Å². The predicted octanol–water partition coefficient (Wildman–Crippen LogP) is 1.52. The van der Waals surface area contributed by atoms with E-state index < -0.39 is 0 Å². The lowest BCUT2D eigenvalue weighted by Gasteiger charge is -2.33. The summed E-state index contributed by atoms with van der Waals surface area (Å²) < 4.78 is 8.71. The lowest BCUT2D eigenvalue weighted by Crippen LogP contribution is -2.48. The number of nitrogens with zero attached hydrogens (tertiary/aromatic N) is 4. The van der Waals surface area contributed by atoms with Crippen molar-refractivity contribution < 1.29 is 4.74 Å². The van der Waals surface area contributed by atoms with Gasteiger partial charge in [0.15, 0.2) is 5.96 Å². The molecule has 0 aromatic carbocycles. The minimum Gasteiger partial charge on any atom is -0.379 e. The summed E-state index contributed by atoms with van der Waals surface area (Å²) in [6.45, 7) is 7.60. The van der Waals surface area contributed by atoms with Crippen molar-refractivity contribution in [2.75, 3.05) is 46.9 Å². The van der Waals surface area contributed by atoms with Gasteiger partial charge < -0.3 is 19.5 Å². The second-order valence-electron chi connectivity index (χ2n) is 6.05. The highest BCUT2D eigenvalue weighted by molar-refractivity contribution is 9.10. The van der Waals surface area contributed by atoms with Gasteiger partial charge in [0.2, 0.25) is 0 Å². The summed E-state index contributed by atoms with van der Waals surface area (Å²) in [4.78, 5) is 8.99. The molecule has 1 aromatic heterocycles. The van der Waals surface area contributed by atoms with Crippen LogP contribution in [0, 0.1) is 0 Å². The van der Waals surface area contributed by atoms with Crippen LogP contribution in [0.1, 0.15) is 12.6 Å². The number of aryl methyl sites for hydroxylation is 1. The van der Waals surface area contributed by atoms with Gasteiger partial charge in [0.05, 0.1) is 19.8 Å². The molecule has 1 unspecified atom stereocenters. The molecule has 0 saturated carbocycles. The zero-order valence-corrected chi connectivity index (χ0v) is 16.1. The van der Waals surface area contributed by atoms with Crippen LogP contribution >= 0.6 is 15.9 Å². The topological polar surface area (TPSA) is 45.0 Å². The van der Waals surface area contributed by atoms with E-state index in [1.54, 1.807) is 0 Å². The highest BCUT2D eigenvalue weighted by Gasteiger charge is 2.18. The van der Waals surface area contributed by atoms with Gasteiger partial charge in [0.1, 0.15) is 0 Å². The smallest absolute Gasteiger partial charge is 0.193 e. The van der Waals surface area contributed by atoms with Crippen molar-refractivity contribution in [3.8, 4) is 0 Å². The number of ether oxygens (including phenoxy) is 1. The van der Waals surface area contributed by atoms with Crippen LogP contribution in [-0.4, -0.2) is 73.3 Å². The number of rotatable bonds is 5. The normalized spacial score (nSPS) is 19.9. The molecular formula is C16H28BrN5O. The zero-order valence-electron chi connectivity index (χ0n) is 14.5. The number of hydrogen-bond acceptors (Lipinski definition) is 3. The van der Waals surface area contributed by atoms with Gasteiger partial charge in [-0.15, -0.1) is 0 Å². The Morgan fingerprint density at radius 2 is 2.35 bits per heavy atom. The van der Waals surface area contributed by atoms with Crippen molar-refractivity contribution in [2.24, 2.45) is 12.0 Å². The number of morpholine rings is 1. The van der Waals surface area contributed by atoms with Crippen molar-refractivity contribution >= 4 is 21.9 Å². The summed E-state index contributed by atoms with van der Waals surface area (Å²) in [7, 11) is 5.95. The molecule has 2 heterocycles. The SMILES string of the molecule is CN=C(NCCN1CCOCC1C)N(C)Cc1cc(Br)cn1C. The Labute approximate surface area is 147 Å². The monoisotopic (exact) mass is 385 g/mol. The van der Waals surface area contributed by atoms with E-state index >= 15 is 0 Å². The second-order valence-corrected chi connectivity index (χ2v) is 6.97. The Morgan fingerprint density at radius 3 is 2.96 bits per heavy atom. The van der Waals surface area contributed by atoms with Gasteiger partial charge in [-0.2, -0.15) is 0 Å². The minimum absolute atomic E-state index is 0.492. The van der Waals surface area contributed by atoms with Crippen molar-refractivity contribution in [2.45, 2.75) is 19.5 Å². The Balaban J connectivity index is 1.81. The van der Waals surface area contributed by atoms with Crippen molar-refractivity contribution in [1.29, 1.82) is 0 Å². The molecule has 0 radical (unpaired) electrons. The summed E-state index contributed by atoms with van der Waals surface area (Å²) >= 11 is 3.52. The molecule has 130 valence electrons. The third-order valence-electron chi connectivity index (χ3n) is 4.23. The first-order valence-corrected chi connectivity index (χ1v) is 8.85. The molecule has 2 rings (SSSR count). The van der Waals surface area contributed by atoms with Gasteiger partial charge >= 0.3 is 0 Å². The van der Waals surface area contributed by atoms with Crippen LogP contribution in [0.5, 0.6) is 0 Å². The van der Waals surface area contributed by atoms with Gasteiger partial charge in [0.25, 0.3) is 0 Å². The van der Waals surface area contributed by atoms with Crippen LogP contribution in [0.4, 0.5) is 0 Å². The van der Waals surface area contributed by atoms with Crippen molar-refractivity contribution in [3.63, 3.8) is 0 Å². The average molecular weight is 386 g/mol.